The Morgan fingerprint density at radius 2 is 2.62 bits per heavy atom. The van der Waals surface area contributed by atoms with Crippen molar-refractivity contribution in [2.75, 3.05) is 13.2 Å². The largest absolute Gasteiger partial charge is 0.453 e. The van der Waals surface area contributed by atoms with Crippen molar-refractivity contribution in [1.82, 2.24) is 4.90 Å². The molecule has 1 atom stereocenters. The van der Waals surface area contributed by atoms with Gasteiger partial charge in [-0.15, -0.1) is 0 Å². The van der Waals surface area contributed by atoms with Gasteiger partial charge in [0.1, 0.15) is 6.26 Å². The lowest BCUT2D eigenvalue weighted by Gasteiger charge is -2.10. The monoisotopic (exact) mass is 113 g/mol. The first kappa shape index (κ1) is 4.21. The Kier molecular flexibility index (Phi) is 0.729. The van der Waals surface area contributed by atoms with Crippen molar-refractivity contribution >= 4 is 0 Å². The molecule has 2 aliphatic heterocycles. The molecule has 1 unspecified atom stereocenters. The van der Waals surface area contributed by atoms with E-state index in [1.165, 1.54) is 0 Å². The minimum atomic E-state index is -0.102. The van der Waals surface area contributed by atoms with Crippen LogP contribution in [0.2, 0.25) is 0 Å². The molecule has 3 heteroatoms. The van der Waals surface area contributed by atoms with E-state index in [1.807, 2.05) is 11.1 Å². The van der Waals surface area contributed by atoms with E-state index in [1.54, 1.807) is 6.26 Å². The summed E-state index contributed by atoms with van der Waals surface area (Å²) in [5, 5.41) is 0. The highest BCUT2D eigenvalue weighted by Gasteiger charge is 2.26. The highest BCUT2D eigenvalue weighted by Crippen LogP contribution is 2.16. The zero-order valence-corrected chi connectivity index (χ0v) is 4.41. The standard InChI is InChI=1S/C5H7NO2/c1-3-7-5-6(1)2-4-8-5/h1,3,5H,2,4H2. The van der Waals surface area contributed by atoms with Gasteiger partial charge in [-0.1, -0.05) is 0 Å². The molecule has 2 rings (SSSR count). The van der Waals surface area contributed by atoms with Crippen LogP contribution in [0.1, 0.15) is 0 Å². The Morgan fingerprint density at radius 3 is 3.50 bits per heavy atom. The lowest BCUT2D eigenvalue weighted by molar-refractivity contribution is -0.106. The van der Waals surface area contributed by atoms with Gasteiger partial charge in [-0.05, 0) is 0 Å². The Labute approximate surface area is 47.5 Å². The predicted octanol–water partition coefficient (Wildman–Crippen LogP) is 0.104. The van der Waals surface area contributed by atoms with E-state index in [9.17, 15) is 0 Å². The number of nitrogens with zero attached hydrogens (tertiary/aromatic N) is 1. The number of ether oxygens (including phenoxy) is 2. The third-order valence-electron chi connectivity index (χ3n) is 1.33. The first-order chi connectivity index (χ1) is 3.97. The number of rotatable bonds is 0. The van der Waals surface area contributed by atoms with Gasteiger partial charge >= 0.3 is 0 Å². The maximum atomic E-state index is 5.12. The van der Waals surface area contributed by atoms with E-state index in [0.29, 0.717) is 0 Å². The van der Waals surface area contributed by atoms with Crippen molar-refractivity contribution in [3.63, 3.8) is 0 Å². The highest BCUT2D eigenvalue weighted by atomic mass is 16.7. The van der Waals surface area contributed by atoms with E-state index < -0.39 is 0 Å². The summed E-state index contributed by atoms with van der Waals surface area (Å²) in [4.78, 5) is 2.01. The van der Waals surface area contributed by atoms with Gasteiger partial charge in [-0.2, -0.15) is 0 Å². The molecule has 1 fully saturated rings. The minimum Gasteiger partial charge on any atom is -0.453 e. The number of hydrogen-bond acceptors (Lipinski definition) is 3. The maximum absolute atomic E-state index is 5.12. The average molecular weight is 113 g/mol. The molecule has 44 valence electrons. The zero-order chi connectivity index (χ0) is 5.40. The second-order valence-electron chi connectivity index (χ2n) is 1.84. The van der Waals surface area contributed by atoms with Crippen molar-refractivity contribution in [3.05, 3.63) is 12.5 Å². The van der Waals surface area contributed by atoms with Crippen LogP contribution in [0.3, 0.4) is 0 Å². The molecule has 0 radical (unpaired) electrons. The van der Waals surface area contributed by atoms with Gasteiger partial charge in [0.05, 0.1) is 6.61 Å². The fourth-order valence-electron chi connectivity index (χ4n) is 0.903. The third kappa shape index (κ3) is 0.419. The molecule has 0 N–H and O–H groups in total. The van der Waals surface area contributed by atoms with E-state index in [0.717, 1.165) is 13.2 Å². The van der Waals surface area contributed by atoms with Gasteiger partial charge < -0.3 is 14.4 Å². The Morgan fingerprint density at radius 1 is 1.62 bits per heavy atom. The maximum Gasteiger partial charge on any atom is 0.283 e. The molecule has 0 aromatic heterocycles. The summed E-state index contributed by atoms with van der Waals surface area (Å²) < 4.78 is 10.1. The SMILES string of the molecule is C1=CN2CCOC2O1. The van der Waals surface area contributed by atoms with Crippen molar-refractivity contribution in [1.29, 1.82) is 0 Å². The lowest BCUT2D eigenvalue weighted by Crippen LogP contribution is -2.20. The van der Waals surface area contributed by atoms with Crippen LogP contribution in [0.5, 0.6) is 0 Å². The minimum absolute atomic E-state index is 0.102. The zero-order valence-electron chi connectivity index (χ0n) is 4.41. The van der Waals surface area contributed by atoms with Crippen molar-refractivity contribution < 1.29 is 9.47 Å². The molecule has 0 aromatic rings. The van der Waals surface area contributed by atoms with Crippen LogP contribution in [-0.2, 0) is 9.47 Å². The molecule has 2 heterocycles. The molecule has 3 nitrogen and oxygen atoms in total. The molecule has 0 aromatic carbocycles. The van der Waals surface area contributed by atoms with Crippen molar-refractivity contribution in [3.8, 4) is 0 Å². The fourth-order valence-corrected chi connectivity index (χ4v) is 0.903. The predicted molar refractivity (Wildman–Crippen MR) is 26.7 cm³/mol. The molecule has 0 aliphatic carbocycles. The molecule has 0 saturated carbocycles. The molecular weight excluding hydrogens is 106 g/mol. The Balaban J connectivity index is 2.13. The summed E-state index contributed by atoms with van der Waals surface area (Å²) in [5.74, 6) is 0. The van der Waals surface area contributed by atoms with Gasteiger partial charge in [0.2, 0.25) is 0 Å². The normalized spacial score (nSPS) is 33.0. The summed E-state index contributed by atoms with van der Waals surface area (Å²) in [6.45, 7) is 1.75. The topological polar surface area (TPSA) is 21.7 Å². The summed E-state index contributed by atoms with van der Waals surface area (Å²) >= 11 is 0. The van der Waals surface area contributed by atoms with Crippen LogP contribution in [0.15, 0.2) is 12.5 Å². The molecule has 0 amide bonds. The van der Waals surface area contributed by atoms with Gasteiger partial charge in [0.15, 0.2) is 0 Å². The molecule has 8 heavy (non-hydrogen) atoms. The first-order valence-electron chi connectivity index (χ1n) is 2.66. The van der Waals surface area contributed by atoms with Crippen LogP contribution in [0, 0.1) is 0 Å². The summed E-state index contributed by atoms with van der Waals surface area (Å²) in [6.07, 6.45) is 3.46. The molecule has 1 saturated heterocycles. The molecule has 2 aliphatic rings. The second-order valence-corrected chi connectivity index (χ2v) is 1.84. The fraction of sp³-hybridized carbons (Fsp3) is 0.600. The van der Waals surface area contributed by atoms with E-state index in [4.69, 9.17) is 9.47 Å². The number of hydrogen-bond donors (Lipinski definition) is 0. The second kappa shape index (κ2) is 1.39. The van der Waals surface area contributed by atoms with Gasteiger partial charge in [-0.25, -0.2) is 0 Å². The smallest absolute Gasteiger partial charge is 0.283 e. The summed E-state index contributed by atoms with van der Waals surface area (Å²) in [6, 6.07) is 0. The molecule has 0 spiro atoms. The van der Waals surface area contributed by atoms with E-state index >= 15 is 0 Å². The van der Waals surface area contributed by atoms with Crippen LogP contribution in [-0.4, -0.2) is 24.5 Å². The van der Waals surface area contributed by atoms with Gasteiger partial charge in [0, 0.05) is 12.7 Å². The first-order valence-corrected chi connectivity index (χ1v) is 2.66. The Bertz CT molecular complexity index is 124. The molecular formula is C5H7NO2. The summed E-state index contributed by atoms with van der Waals surface area (Å²) in [5.41, 5.74) is 0. The van der Waals surface area contributed by atoms with Gasteiger partial charge in [-0.3, -0.25) is 0 Å². The highest BCUT2D eigenvalue weighted by molar-refractivity contribution is 4.85. The van der Waals surface area contributed by atoms with Gasteiger partial charge in [0.25, 0.3) is 6.41 Å². The van der Waals surface area contributed by atoms with Crippen LogP contribution < -0.4 is 0 Å². The Hall–Kier alpha value is -0.700. The average Bonchev–Trinajstić information content (AvgIpc) is 2.15. The van der Waals surface area contributed by atoms with Crippen LogP contribution in [0.4, 0.5) is 0 Å². The number of fused-ring (bicyclic) bond motifs is 1. The van der Waals surface area contributed by atoms with Crippen LogP contribution in [0.25, 0.3) is 0 Å². The van der Waals surface area contributed by atoms with E-state index in [-0.39, 0.29) is 6.41 Å². The van der Waals surface area contributed by atoms with E-state index in [2.05, 4.69) is 0 Å². The summed E-state index contributed by atoms with van der Waals surface area (Å²) in [7, 11) is 0. The van der Waals surface area contributed by atoms with Crippen LogP contribution >= 0.6 is 0 Å². The lowest BCUT2D eigenvalue weighted by atomic mass is 10.6. The molecule has 0 bridgehead atoms. The quantitative estimate of drug-likeness (QED) is 0.445. The third-order valence-corrected chi connectivity index (χ3v) is 1.33. The van der Waals surface area contributed by atoms with Crippen molar-refractivity contribution in [2.45, 2.75) is 6.41 Å². The van der Waals surface area contributed by atoms with Crippen molar-refractivity contribution in [2.24, 2.45) is 0 Å².